The summed E-state index contributed by atoms with van der Waals surface area (Å²) in [6.07, 6.45) is 4.42. The van der Waals surface area contributed by atoms with Gasteiger partial charge < -0.3 is 15.7 Å². The number of benzene rings is 1. The Morgan fingerprint density at radius 1 is 1.19 bits per heavy atom. The monoisotopic (exact) mass is 393 g/mol. The van der Waals surface area contributed by atoms with E-state index in [1.807, 2.05) is 18.4 Å². The summed E-state index contributed by atoms with van der Waals surface area (Å²) in [5.41, 5.74) is -0.140. The van der Waals surface area contributed by atoms with Crippen LogP contribution >= 0.6 is 23.5 Å². The van der Waals surface area contributed by atoms with Crippen LogP contribution in [0.1, 0.15) is 25.7 Å². The smallest absolute Gasteiger partial charge is 0.253 e. The van der Waals surface area contributed by atoms with Crippen LogP contribution in [0.15, 0.2) is 26.6 Å². The van der Waals surface area contributed by atoms with Crippen molar-refractivity contribution < 1.29 is 5.11 Å². The summed E-state index contributed by atoms with van der Waals surface area (Å²) < 4.78 is 1.81. The van der Waals surface area contributed by atoms with E-state index in [0.717, 1.165) is 12.8 Å². The molecule has 0 spiro atoms. The average molecular weight is 394 g/mol. The number of aromatic hydroxyl groups is 1. The summed E-state index contributed by atoms with van der Waals surface area (Å²) in [5, 5.41) is 17.2. The summed E-state index contributed by atoms with van der Waals surface area (Å²) in [6, 6.07) is 3.26. The van der Waals surface area contributed by atoms with E-state index in [1.54, 1.807) is 12.1 Å². The third-order valence-corrected chi connectivity index (χ3v) is 6.44. The van der Waals surface area contributed by atoms with E-state index in [2.05, 4.69) is 10.6 Å². The summed E-state index contributed by atoms with van der Waals surface area (Å²) >= 11 is 7.45. The lowest BCUT2D eigenvalue weighted by atomic mass is 10.1. The van der Waals surface area contributed by atoms with Crippen molar-refractivity contribution in [2.75, 3.05) is 24.7 Å². The normalized spacial score (nSPS) is 18.3. The van der Waals surface area contributed by atoms with Gasteiger partial charge in [-0.3, -0.25) is 13.9 Å². The van der Waals surface area contributed by atoms with Crippen molar-refractivity contribution in [1.82, 2.24) is 4.31 Å². The van der Waals surface area contributed by atoms with E-state index in [9.17, 15) is 14.7 Å². The maximum atomic E-state index is 12.1. The Labute approximate surface area is 160 Å². The van der Waals surface area contributed by atoms with Gasteiger partial charge in [0.15, 0.2) is 5.75 Å². The van der Waals surface area contributed by atoms with Gasteiger partial charge in [0.05, 0.1) is 15.6 Å². The van der Waals surface area contributed by atoms with E-state index in [0.29, 0.717) is 27.2 Å². The fourth-order valence-corrected chi connectivity index (χ4v) is 4.31. The number of hydrogen-bond acceptors (Lipinski definition) is 7. The first-order valence-corrected chi connectivity index (χ1v) is 9.73. The Balaban J connectivity index is 1.61. The van der Waals surface area contributed by atoms with Gasteiger partial charge >= 0.3 is 0 Å². The SMILES string of the molecule is CN(C)Sc1c(Cl)ccc(Nc2c(NC3(C4CC4)CC3)c(=O)c2=O)c1O. The molecule has 0 aromatic heterocycles. The molecule has 0 unspecified atom stereocenters. The number of hydrogen-bond donors (Lipinski definition) is 3. The van der Waals surface area contributed by atoms with Crippen molar-refractivity contribution in [3.05, 3.63) is 37.6 Å². The molecule has 0 saturated heterocycles. The molecule has 138 valence electrons. The van der Waals surface area contributed by atoms with E-state index >= 15 is 0 Å². The zero-order valence-corrected chi connectivity index (χ0v) is 16.1. The zero-order chi connectivity index (χ0) is 18.6. The second kappa shape index (κ2) is 6.18. The largest absolute Gasteiger partial charge is 0.505 e. The van der Waals surface area contributed by atoms with Crippen molar-refractivity contribution in [2.24, 2.45) is 5.92 Å². The Kier molecular flexibility index (Phi) is 4.21. The highest BCUT2D eigenvalue weighted by Crippen LogP contribution is 2.55. The second-order valence-electron chi connectivity index (χ2n) is 7.26. The molecule has 0 heterocycles. The van der Waals surface area contributed by atoms with Crippen molar-refractivity contribution in [3.63, 3.8) is 0 Å². The van der Waals surface area contributed by atoms with Gasteiger partial charge in [0.1, 0.15) is 11.4 Å². The molecule has 2 saturated carbocycles. The van der Waals surface area contributed by atoms with Crippen molar-refractivity contribution >= 4 is 40.6 Å². The molecule has 0 amide bonds. The van der Waals surface area contributed by atoms with Crippen molar-refractivity contribution in [1.29, 1.82) is 0 Å². The molecule has 2 aliphatic rings. The Morgan fingerprint density at radius 2 is 1.85 bits per heavy atom. The molecule has 0 atom stereocenters. The van der Waals surface area contributed by atoms with Crippen LogP contribution in [0.25, 0.3) is 0 Å². The lowest BCUT2D eigenvalue weighted by Gasteiger charge is -2.22. The number of nitrogens with one attached hydrogen (secondary N) is 2. The van der Waals surface area contributed by atoms with Crippen LogP contribution in [0.4, 0.5) is 17.1 Å². The Hall–Kier alpha value is -1.70. The van der Waals surface area contributed by atoms with Crippen LogP contribution < -0.4 is 21.5 Å². The number of rotatable bonds is 7. The van der Waals surface area contributed by atoms with Gasteiger partial charge in [0, 0.05) is 5.54 Å². The fraction of sp³-hybridized carbons (Fsp3) is 0.444. The summed E-state index contributed by atoms with van der Waals surface area (Å²) in [5.74, 6) is 0.560. The van der Waals surface area contributed by atoms with E-state index < -0.39 is 10.9 Å². The zero-order valence-electron chi connectivity index (χ0n) is 14.6. The lowest BCUT2D eigenvalue weighted by molar-refractivity contribution is 0.464. The van der Waals surface area contributed by atoms with Crippen molar-refractivity contribution in [3.8, 4) is 5.75 Å². The molecular weight excluding hydrogens is 374 g/mol. The third-order valence-electron chi connectivity index (χ3n) is 5.05. The molecule has 4 rings (SSSR count). The minimum absolute atomic E-state index is 0.00734. The predicted octanol–water partition coefficient (Wildman–Crippen LogP) is 3.31. The molecular formula is C18H20ClN3O3S. The van der Waals surface area contributed by atoms with Crippen LogP contribution in [-0.4, -0.2) is 29.0 Å². The molecule has 2 aromatic rings. The molecule has 0 radical (unpaired) electrons. The van der Waals surface area contributed by atoms with Gasteiger partial charge in [-0.25, -0.2) is 0 Å². The van der Waals surface area contributed by atoms with Crippen LogP contribution in [0, 0.1) is 5.92 Å². The summed E-state index contributed by atoms with van der Waals surface area (Å²) in [7, 11) is 3.68. The van der Waals surface area contributed by atoms with E-state index in [1.165, 1.54) is 24.8 Å². The lowest BCUT2D eigenvalue weighted by Crippen LogP contribution is -2.40. The Bertz CT molecular complexity index is 944. The van der Waals surface area contributed by atoms with Gasteiger partial charge in [-0.05, 0) is 69.8 Å². The van der Waals surface area contributed by atoms with E-state index in [-0.39, 0.29) is 17.0 Å². The molecule has 2 aromatic carbocycles. The molecule has 2 aliphatic carbocycles. The van der Waals surface area contributed by atoms with Gasteiger partial charge in [-0.2, -0.15) is 0 Å². The molecule has 26 heavy (non-hydrogen) atoms. The predicted molar refractivity (Wildman–Crippen MR) is 106 cm³/mol. The minimum Gasteiger partial charge on any atom is -0.505 e. The summed E-state index contributed by atoms with van der Waals surface area (Å²) in [4.78, 5) is 24.6. The van der Waals surface area contributed by atoms with Crippen LogP contribution in [-0.2, 0) is 0 Å². The second-order valence-corrected chi connectivity index (χ2v) is 8.99. The minimum atomic E-state index is -0.560. The standard InChI is InChI=1S/C18H20ClN3O3S/c1-22(2)26-17-10(19)5-6-11(14(17)23)20-12-13(16(25)15(12)24)21-18(7-8-18)9-3-4-9/h5-6,9,20-21,23H,3-4,7-8H2,1-2H3. The number of nitrogens with zero attached hydrogens (tertiary/aromatic N) is 1. The number of anilines is 3. The number of phenolic OH excluding ortho intramolecular Hbond substituents is 1. The van der Waals surface area contributed by atoms with Crippen LogP contribution in [0.5, 0.6) is 5.75 Å². The van der Waals surface area contributed by atoms with Gasteiger partial charge in [-0.1, -0.05) is 11.6 Å². The third kappa shape index (κ3) is 2.98. The number of halogens is 1. The molecule has 0 bridgehead atoms. The van der Waals surface area contributed by atoms with Crippen LogP contribution in [0.3, 0.4) is 0 Å². The van der Waals surface area contributed by atoms with E-state index in [4.69, 9.17) is 11.6 Å². The molecule has 3 N–H and O–H groups in total. The summed E-state index contributed by atoms with van der Waals surface area (Å²) in [6.45, 7) is 0. The first-order valence-electron chi connectivity index (χ1n) is 8.57. The molecule has 8 heteroatoms. The van der Waals surface area contributed by atoms with Crippen LogP contribution in [0.2, 0.25) is 5.02 Å². The van der Waals surface area contributed by atoms with Crippen molar-refractivity contribution in [2.45, 2.75) is 36.1 Å². The first-order chi connectivity index (χ1) is 12.3. The van der Waals surface area contributed by atoms with Gasteiger partial charge in [0.2, 0.25) is 0 Å². The van der Waals surface area contributed by atoms with Gasteiger partial charge in [-0.15, -0.1) is 0 Å². The number of phenols is 1. The quantitative estimate of drug-likeness (QED) is 0.378. The maximum Gasteiger partial charge on any atom is 0.253 e. The molecule has 2 fully saturated rings. The highest BCUT2D eigenvalue weighted by atomic mass is 35.5. The maximum absolute atomic E-state index is 12.1. The Morgan fingerprint density at radius 3 is 2.42 bits per heavy atom. The highest BCUT2D eigenvalue weighted by molar-refractivity contribution is 7.97. The molecule has 0 aliphatic heterocycles. The highest BCUT2D eigenvalue weighted by Gasteiger charge is 2.54. The fourth-order valence-electron chi connectivity index (χ4n) is 3.34. The topological polar surface area (TPSA) is 81.7 Å². The average Bonchev–Trinajstić information content (AvgIpc) is 3.48. The first kappa shape index (κ1) is 17.7. The van der Waals surface area contributed by atoms with Gasteiger partial charge in [0.25, 0.3) is 10.9 Å². The molecule has 6 nitrogen and oxygen atoms in total.